The van der Waals surface area contributed by atoms with Crippen molar-refractivity contribution in [3.8, 4) is 0 Å². The molecule has 0 aromatic carbocycles. The molecular formula is C13H30NO3P. The van der Waals surface area contributed by atoms with Crippen LogP contribution in [0.2, 0.25) is 0 Å². The van der Waals surface area contributed by atoms with Crippen LogP contribution in [0, 0.1) is 0 Å². The maximum atomic E-state index is 12.6. The lowest BCUT2D eigenvalue weighted by molar-refractivity contribution is 0.183. The first-order chi connectivity index (χ1) is 8.61. The van der Waals surface area contributed by atoms with Gasteiger partial charge in [-0.15, -0.1) is 0 Å². The molecule has 0 saturated heterocycles. The van der Waals surface area contributed by atoms with Gasteiger partial charge in [-0.2, -0.15) is 0 Å². The molecule has 0 bridgehead atoms. The first-order valence-electron chi connectivity index (χ1n) is 7.22. The molecule has 4 nitrogen and oxygen atoms in total. The van der Waals surface area contributed by atoms with Crippen molar-refractivity contribution in [2.75, 3.05) is 32.6 Å². The lowest BCUT2D eigenvalue weighted by atomic mass is 10.4. The minimum absolute atomic E-state index is 0.425. The number of rotatable bonds is 12. The molecule has 0 aliphatic heterocycles. The molecule has 5 heteroatoms. The molecule has 0 heterocycles. The molecule has 0 unspecified atom stereocenters. The van der Waals surface area contributed by atoms with Crippen molar-refractivity contribution < 1.29 is 13.6 Å². The van der Waals surface area contributed by atoms with Crippen LogP contribution in [0.1, 0.15) is 53.4 Å². The molecule has 0 fully saturated rings. The van der Waals surface area contributed by atoms with E-state index >= 15 is 0 Å². The third-order valence-electron chi connectivity index (χ3n) is 2.44. The number of hydrogen-bond donors (Lipinski definition) is 0. The van der Waals surface area contributed by atoms with Crippen molar-refractivity contribution in [2.24, 2.45) is 0 Å². The largest absolute Gasteiger partial charge is 0.344 e. The highest BCUT2D eigenvalue weighted by Crippen LogP contribution is 2.48. The summed E-state index contributed by atoms with van der Waals surface area (Å²) in [6, 6.07) is 0. The van der Waals surface area contributed by atoms with E-state index < -0.39 is 7.60 Å². The summed E-state index contributed by atoms with van der Waals surface area (Å²) in [7, 11) is -2.94. The maximum absolute atomic E-state index is 12.6. The molecule has 110 valence electrons. The monoisotopic (exact) mass is 279 g/mol. The van der Waals surface area contributed by atoms with E-state index in [1.165, 1.54) is 0 Å². The molecule has 18 heavy (non-hydrogen) atoms. The topological polar surface area (TPSA) is 38.8 Å². The Kier molecular flexibility index (Phi) is 11.0. The lowest BCUT2D eigenvalue weighted by Crippen LogP contribution is -2.27. The standard InChI is InChI=1S/C13H30NO3P/c1-5-9-14(10-6-2)13-18(15,16-11-7-3)17-12-8-4/h5-13H2,1-4H3. The zero-order chi connectivity index (χ0) is 13.9. The van der Waals surface area contributed by atoms with E-state index in [2.05, 4.69) is 18.7 Å². The van der Waals surface area contributed by atoms with Crippen LogP contribution < -0.4 is 0 Å². The van der Waals surface area contributed by atoms with E-state index in [1.807, 2.05) is 13.8 Å². The van der Waals surface area contributed by atoms with Gasteiger partial charge in [-0.1, -0.05) is 27.7 Å². The summed E-state index contributed by atoms with van der Waals surface area (Å²) < 4.78 is 23.6. The molecule has 0 atom stereocenters. The Hall–Kier alpha value is 0.110. The van der Waals surface area contributed by atoms with Crippen LogP contribution in [0.25, 0.3) is 0 Å². The van der Waals surface area contributed by atoms with E-state index in [0.717, 1.165) is 38.8 Å². The third kappa shape index (κ3) is 8.25. The SMILES string of the molecule is CCCOP(=O)(CN(CCC)CCC)OCCC. The molecule has 0 radical (unpaired) electrons. The quantitative estimate of drug-likeness (QED) is 0.504. The van der Waals surface area contributed by atoms with Crippen molar-refractivity contribution in [3.05, 3.63) is 0 Å². The van der Waals surface area contributed by atoms with Gasteiger partial charge in [0.2, 0.25) is 0 Å². The van der Waals surface area contributed by atoms with E-state index in [-0.39, 0.29) is 0 Å². The van der Waals surface area contributed by atoms with E-state index in [4.69, 9.17) is 9.05 Å². The van der Waals surface area contributed by atoms with Gasteiger partial charge in [0.25, 0.3) is 0 Å². The first kappa shape index (κ1) is 18.1. The predicted octanol–water partition coefficient (Wildman–Crippen LogP) is 4.11. The Labute approximate surface area is 113 Å². The number of hydrogen-bond acceptors (Lipinski definition) is 4. The van der Waals surface area contributed by atoms with Crippen LogP contribution in [0.4, 0.5) is 0 Å². The third-order valence-corrected chi connectivity index (χ3v) is 4.34. The van der Waals surface area contributed by atoms with Crippen molar-refractivity contribution in [2.45, 2.75) is 53.4 Å². The highest BCUT2D eigenvalue weighted by molar-refractivity contribution is 7.53. The van der Waals surface area contributed by atoms with Gasteiger partial charge in [0.15, 0.2) is 0 Å². The van der Waals surface area contributed by atoms with E-state index in [1.54, 1.807) is 0 Å². The summed E-state index contributed by atoms with van der Waals surface area (Å²) in [5, 5.41) is 0. The van der Waals surface area contributed by atoms with Crippen LogP contribution in [0.3, 0.4) is 0 Å². The molecule has 0 aromatic rings. The molecular weight excluding hydrogens is 249 g/mol. The van der Waals surface area contributed by atoms with Gasteiger partial charge in [-0.3, -0.25) is 9.46 Å². The summed E-state index contributed by atoms with van der Waals surface area (Å²) in [5.74, 6) is 0. The lowest BCUT2D eigenvalue weighted by Gasteiger charge is -2.26. The molecule has 0 aromatic heterocycles. The van der Waals surface area contributed by atoms with E-state index in [0.29, 0.717) is 19.5 Å². The van der Waals surface area contributed by atoms with Crippen LogP contribution >= 0.6 is 7.60 Å². The van der Waals surface area contributed by atoms with Crippen molar-refractivity contribution in [1.29, 1.82) is 0 Å². The summed E-state index contributed by atoms with van der Waals surface area (Å²) >= 11 is 0. The normalized spacial score (nSPS) is 12.3. The summed E-state index contributed by atoms with van der Waals surface area (Å²) in [6.07, 6.45) is 4.26. The summed E-state index contributed by atoms with van der Waals surface area (Å²) in [6.45, 7) is 11.2. The van der Waals surface area contributed by atoms with Crippen molar-refractivity contribution in [3.63, 3.8) is 0 Å². The van der Waals surface area contributed by atoms with Crippen LogP contribution in [-0.4, -0.2) is 37.5 Å². The molecule has 0 N–H and O–H groups in total. The average molecular weight is 279 g/mol. The fraction of sp³-hybridized carbons (Fsp3) is 1.00. The van der Waals surface area contributed by atoms with Crippen molar-refractivity contribution in [1.82, 2.24) is 4.90 Å². The Balaban J connectivity index is 4.46. The minimum atomic E-state index is -2.94. The van der Waals surface area contributed by atoms with Gasteiger partial charge in [0, 0.05) is 0 Å². The zero-order valence-corrected chi connectivity index (χ0v) is 13.4. The predicted molar refractivity (Wildman–Crippen MR) is 77.1 cm³/mol. The zero-order valence-electron chi connectivity index (χ0n) is 12.5. The first-order valence-corrected chi connectivity index (χ1v) is 8.95. The Bertz CT molecular complexity index is 218. The van der Waals surface area contributed by atoms with Gasteiger partial charge in [-0.25, -0.2) is 0 Å². The summed E-state index contributed by atoms with van der Waals surface area (Å²) in [4.78, 5) is 2.19. The molecule has 0 rings (SSSR count). The molecule has 0 aliphatic rings. The van der Waals surface area contributed by atoms with Crippen LogP contribution in [0.15, 0.2) is 0 Å². The number of nitrogens with zero attached hydrogens (tertiary/aromatic N) is 1. The minimum Gasteiger partial charge on any atom is -0.308 e. The molecule has 0 amide bonds. The second-order valence-corrected chi connectivity index (χ2v) is 6.56. The molecule has 0 spiro atoms. The Morgan fingerprint density at radius 1 is 0.833 bits per heavy atom. The highest BCUT2D eigenvalue weighted by atomic mass is 31.2. The van der Waals surface area contributed by atoms with Gasteiger partial charge in [-0.05, 0) is 38.8 Å². The van der Waals surface area contributed by atoms with Gasteiger partial charge >= 0.3 is 7.60 Å². The van der Waals surface area contributed by atoms with Crippen LogP contribution in [0.5, 0.6) is 0 Å². The smallest absolute Gasteiger partial charge is 0.308 e. The van der Waals surface area contributed by atoms with Gasteiger partial charge < -0.3 is 9.05 Å². The summed E-state index contributed by atoms with van der Waals surface area (Å²) in [5.41, 5.74) is 0. The average Bonchev–Trinajstić information content (AvgIpc) is 2.35. The highest BCUT2D eigenvalue weighted by Gasteiger charge is 2.27. The van der Waals surface area contributed by atoms with Gasteiger partial charge in [0.1, 0.15) is 6.29 Å². The van der Waals surface area contributed by atoms with Crippen LogP contribution in [-0.2, 0) is 13.6 Å². The van der Waals surface area contributed by atoms with E-state index in [9.17, 15) is 4.57 Å². The second kappa shape index (κ2) is 11.0. The maximum Gasteiger partial charge on any atom is 0.344 e. The fourth-order valence-electron chi connectivity index (χ4n) is 1.71. The Morgan fingerprint density at radius 3 is 1.61 bits per heavy atom. The second-order valence-electron chi connectivity index (χ2n) is 4.54. The van der Waals surface area contributed by atoms with Crippen molar-refractivity contribution >= 4 is 7.60 Å². The fourth-order valence-corrected chi connectivity index (χ4v) is 3.64. The molecule has 0 saturated carbocycles. The molecule has 0 aliphatic carbocycles. The Morgan fingerprint density at radius 2 is 1.28 bits per heavy atom. The van der Waals surface area contributed by atoms with Gasteiger partial charge in [0.05, 0.1) is 13.2 Å².